The Kier molecular flexibility index (Phi) is 4.61. The van der Waals surface area contributed by atoms with Crippen molar-refractivity contribution in [2.75, 3.05) is 39.8 Å². The van der Waals surface area contributed by atoms with Crippen molar-refractivity contribution < 1.29 is 14.2 Å². The van der Waals surface area contributed by atoms with Crippen LogP contribution in [0.4, 0.5) is 4.39 Å². The molecule has 1 aromatic carbocycles. The van der Waals surface area contributed by atoms with Crippen LogP contribution in [-0.2, 0) is 6.42 Å². The first kappa shape index (κ1) is 14.1. The molecule has 2 rings (SSSR count). The van der Waals surface area contributed by atoms with Gasteiger partial charge in [-0.3, -0.25) is 0 Å². The van der Waals surface area contributed by atoms with Crippen LogP contribution in [-0.4, -0.2) is 49.8 Å². The Bertz CT molecular complexity index is 446. The number of aromatic hydroxyl groups is 1. The summed E-state index contributed by atoms with van der Waals surface area (Å²) < 4.78 is 19.0. The Morgan fingerprint density at radius 1 is 1.42 bits per heavy atom. The number of rotatable bonds is 4. The van der Waals surface area contributed by atoms with Crippen molar-refractivity contribution >= 4 is 0 Å². The first-order chi connectivity index (χ1) is 9.13. The first-order valence-electron chi connectivity index (χ1n) is 6.61. The van der Waals surface area contributed by atoms with E-state index in [4.69, 9.17) is 4.74 Å². The van der Waals surface area contributed by atoms with E-state index in [2.05, 4.69) is 10.2 Å². The lowest BCUT2D eigenvalue weighted by atomic mass is 10.1. The lowest BCUT2D eigenvalue weighted by Gasteiger charge is -2.27. The number of halogens is 1. The Morgan fingerprint density at radius 2 is 2.11 bits per heavy atom. The van der Waals surface area contributed by atoms with Gasteiger partial charge in [0, 0.05) is 32.7 Å². The van der Waals surface area contributed by atoms with E-state index in [1.165, 1.54) is 7.11 Å². The van der Waals surface area contributed by atoms with Gasteiger partial charge in [-0.15, -0.1) is 0 Å². The van der Waals surface area contributed by atoms with Crippen molar-refractivity contribution in [2.45, 2.75) is 13.3 Å². The molecule has 0 aliphatic carbocycles. The number of benzene rings is 1. The highest BCUT2D eigenvalue weighted by Crippen LogP contribution is 2.34. The van der Waals surface area contributed by atoms with Crippen LogP contribution < -0.4 is 10.1 Å². The van der Waals surface area contributed by atoms with Gasteiger partial charge in [0.1, 0.15) is 0 Å². The van der Waals surface area contributed by atoms with E-state index in [1.807, 2.05) is 6.92 Å². The molecule has 0 bridgehead atoms. The van der Waals surface area contributed by atoms with Crippen molar-refractivity contribution in [3.05, 3.63) is 23.0 Å². The van der Waals surface area contributed by atoms with E-state index in [9.17, 15) is 9.50 Å². The van der Waals surface area contributed by atoms with E-state index in [-0.39, 0.29) is 11.5 Å². The molecule has 1 aliphatic rings. The lowest BCUT2D eigenvalue weighted by Crippen LogP contribution is -2.44. The summed E-state index contributed by atoms with van der Waals surface area (Å²) in [5, 5.41) is 13.1. The largest absolute Gasteiger partial charge is 0.502 e. The summed E-state index contributed by atoms with van der Waals surface area (Å²) in [6.07, 6.45) is 0.601. The fourth-order valence-corrected chi connectivity index (χ4v) is 2.48. The van der Waals surface area contributed by atoms with Gasteiger partial charge < -0.3 is 20.1 Å². The van der Waals surface area contributed by atoms with Crippen LogP contribution in [0.1, 0.15) is 11.1 Å². The molecule has 0 unspecified atom stereocenters. The van der Waals surface area contributed by atoms with Gasteiger partial charge in [-0.2, -0.15) is 0 Å². The lowest BCUT2D eigenvalue weighted by molar-refractivity contribution is 0.242. The maximum atomic E-state index is 14.0. The minimum atomic E-state index is -0.558. The third-order valence-electron chi connectivity index (χ3n) is 3.56. The van der Waals surface area contributed by atoms with Crippen LogP contribution in [0.3, 0.4) is 0 Å². The molecular formula is C14H21FN2O2. The molecule has 5 heteroatoms. The number of aryl methyl sites for hydroxylation is 1. The molecule has 106 valence electrons. The molecule has 4 nitrogen and oxygen atoms in total. The average Bonchev–Trinajstić information content (AvgIpc) is 2.43. The van der Waals surface area contributed by atoms with Gasteiger partial charge >= 0.3 is 0 Å². The van der Waals surface area contributed by atoms with Crippen LogP contribution in [0.5, 0.6) is 11.5 Å². The van der Waals surface area contributed by atoms with Gasteiger partial charge in [0.15, 0.2) is 17.3 Å². The van der Waals surface area contributed by atoms with Gasteiger partial charge in [0.2, 0.25) is 0 Å². The molecule has 0 radical (unpaired) electrons. The normalized spacial score (nSPS) is 16.6. The van der Waals surface area contributed by atoms with Gasteiger partial charge in [-0.1, -0.05) is 0 Å². The molecule has 1 aromatic rings. The number of piperazine rings is 1. The molecule has 0 aromatic heterocycles. The van der Waals surface area contributed by atoms with Crippen molar-refractivity contribution in [2.24, 2.45) is 0 Å². The van der Waals surface area contributed by atoms with E-state index in [1.54, 1.807) is 6.07 Å². The summed E-state index contributed by atoms with van der Waals surface area (Å²) >= 11 is 0. The molecule has 0 spiro atoms. The monoisotopic (exact) mass is 268 g/mol. The van der Waals surface area contributed by atoms with Gasteiger partial charge in [0.25, 0.3) is 0 Å². The molecule has 19 heavy (non-hydrogen) atoms. The van der Waals surface area contributed by atoms with Crippen molar-refractivity contribution in [1.29, 1.82) is 0 Å². The summed E-state index contributed by atoms with van der Waals surface area (Å²) in [5.41, 5.74) is 1.31. The fraction of sp³-hybridized carbons (Fsp3) is 0.571. The Labute approximate surface area is 113 Å². The quantitative estimate of drug-likeness (QED) is 0.864. The maximum absolute atomic E-state index is 14.0. The molecule has 1 heterocycles. The second-order valence-electron chi connectivity index (χ2n) is 4.89. The molecule has 1 aliphatic heterocycles. The summed E-state index contributed by atoms with van der Waals surface area (Å²) in [7, 11) is 1.43. The van der Waals surface area contributed by atoms with Crippen molar-refractivity contribution in [1.82, 2.24) is 10.2 Å². The Balaban J connectivity index is 2.07. The van der Waals surface area contributed by atoms with E-state index in [0.29, 0.717) is 12.0 Å². The van der Waals surface area contributed by atoms with Crippen LogP contribution in [0, 0.1) is 12.7 Å². The third kappa shape index (κ3) is 3.16. The van der Waals surface area contributed by atoms with E-state index < -0.39 is 5.82 Å². The minimum Gasteiger partial charge on any atom is -0.502 e. The summed E-state index contributed by atoms with van der Waals surface area (Å²) in [6, 6.07) is 1.76. The van der Waals surface area contributed by atoms with Crippen LogP contribution in [0.25, 0.3) is 0 Å². The van der Waals surface area contributed by atoms with Crippen LogP contribution in [0.15, 0.2) is 6.07 Å². The zero-order chi connectivity index (χ0) is 13.8. The number of ether oxygens (including phenoxy) is 1. The summed E-state index contributed by atoms with van der Waals surface area (Å²) in [6.45, 7) is 6.56. The topological polar surface area (TPSA) is 44.7 Å². The van der Waals surface area contributed by atoms with E-state index in [0.717, 1.165) is 38.3 Å². The van der Waals surface area contributed by atoms with Crippen molar-refractivity contribution in [3.63, 3.8) is 0 Å². The third-order valence-corrected chi connectivity index (χ3v) is 3.56. The Morgan fingerprint density at radius 3 is 2.74 bits per heavy atom. The van der Waals surface area contributed by atoms with Gasteiger partial charge in [-0.25, -0.2) is 4.39 Å². The Hall–Kier alpha value is -1.33. The van der Waals surface area contributed by atoms with E-state index >= 15 is 0 Å². The summed E-state index contributed by atoms with van der Waals surface area (Å²) in [4.78, 5) is 2.30. The zero-order valence-electron chi connectivity index (χ0n) is 11.5. The highest BCUT2D eigenvalue weighted by Gasteiger charge is 2.17. The molecule has 1 saturated heterocycles. The van der Waals surface area contributed by atoms with Crippen molar-refractivity contribution in [3.8, 4) is 11.5 Å². The first-order valence-corrected chi connectivity index (χ1v) is 6.61. The number of methoxy groups -OCH3 is 1. The molecule has 1 fully saturated rings. The highest BCUT2D eigenvalue weighted by atomic mass is 19.1. The second-order valence-corrected chi connectivity index (χ2v) is 4.89. The number of hydrogen-bond donors (Lipinski definition) is 2. The number of phenols is 1. The van der Waals surface area contributed by atoms with Gasteiger partial charge in [-0.05, 0) is 30.5 Å². The van der Waals surface area contributed by atoms with Gasteiger partial charge in [0.05, 0.1) is 7.11 Å². The molecular weight excluding hydrogens is 247 g/mol. The average molecular weight is 268 g/mol. The fourth-order valence-electron chi connectivity index (χ4n) is 2.48. The SMILES string of the molecule is COc1c(C)cc(CCN2CCNCC2)c(F)c1O. The number of phenolic OH excluding ortho intramolecular Hbond substituents is 1. The predicted octanol–water partition coefficient (Wildman–Crippen LogP) is 1.30. The molecule has 0 amide bonds. The summed E-state index contributed by atoms with van der Waals surface area (Å²) in [5.74, 6) is -0.709. The van der Waals surface area contributed by atoms with Crippen LogP contribution >= 0.6 is 0 Å². The van der Waals surface area contributed by atoms with Crippen LogP contribution in [0.2, 0.25) is 0 Å². The molecule has 0 saturated carbocycles. The number of hydrogen-bond acceptors (Lipinski definition) is 4. The number of nitrogens with zero attached hydrogens (tertiary/aromatic N) is 1. The number of nitrogens with one attached hydrogen (secondary N) is 1. The predicted molar refractivity (Wildman–Crippen MR) is 72.4 cm³/mol. The standard InChI is InChI=1S/C14H21FN2O2/c1-10-9-11(12(15)13(18)14(10)19-2)3-6-17-7-4-16-5-8-17/h9,16,18H,3-8H2,1-2H3. The minimum absolute atomic E-state index is 0.225. The molecule has 2 N–H and O–H groups in total. The molecule has 0 atom stereocenters. The second kappa shape index (κ2) is 6.21. The highest BCUT2D eigenvalue weighted by molar-refractivity contribution is 5.49. The maximum Gasteiger partial charge on any atom is 0.194 e. The zero-order valence-corrected chi connectivity index (χ0v) is 11.5. The smallest absolute Gasteiger partial charge is 0.194 e.